The quantitative estimate of drug-likeness (QED) is 0.794. The molecule has 102 valence electrons. The summed E-state index contributed by atoms with van der Waals surface area (Å²) in [6.45, 7) is 12.1. The Bertz CT molecular complexity index is 203. The lowest BCUT2D eigenvalue weighted by Crippen LogP contribution is -2.38. The van der Waals surface area contributed by atoms with Crippen LogP contribution in [0.1, 0.15) is 53.4 Å². The van der Waals surface area contributed by atoms with Crippen LogP contribution in [0, 0.1) is 11.8 Å². The summed E-state index contributed by atoms with van der Waals surface area (Å²) in [6.07, 6.45) is 5.49. The van der Waals surface area contributed by atoms with Gasteiger partial charge < -0.3 is 10.2 Å². The highest BCUT2D eigenvalue weighted by molar-refractivity contribution is 4.77. The van der Waals surface area contributed by atoms with Gasteiger partial charge in [-0.3, -0.25) is 0 Å². The van der Waals surface area contributed by atoms with E-state index < -0.39 is 0 Å². The third-order valence-electron chi connectivity index (χ3n) is 4.56. The normalized spacial score (nSPS) is 26.8. The molecular formula is C15H32N2. The Hall–Kier alpha value is -0.0800. The van der Waals surface area contributed by atoms with Gasteiger partial charge in [-0.1, -0.05) is 13.8 Å². The number of hydrogen-bond acceptors (Lipinski definition) is 2. The van der Waals surface area contributed by atoms with Crippen LogP contribution in [-0.4, -0.2) is 37.1 Å². The van der Waals surface area contributed by atoms with Gasteiger partial charge in [-0.05, 0) is 71.5 Å². The Kier molecular flexibility index (Phi) is 6.50. The van der Waals surface area contributed by atoms with E-state index >= 15 is 0 Å². The molecule has 0 aromatic carbocycles. The molecular weight excluding hydrogens is 208 g/mol. The van der Waals surface area contributed by atoms with Crippen molar-refractivity contribution in [3.05, 3.63) is 0 Å². The number of nitrogens with zero attached hydrogens (tertiary/aromatic N) is 1. The van der Waals surface area contributed by atoms with Gasteiger partial charge in [0.05, 0.1) is 0 Å². The fourth-order valence-electron chi connectivity index (χ4n) is 3.03. The van der Waals surface area contributed by atoms with Crippen molar-refractivity contribution in [2.24, 2.45) is 11.8 Å². The predicted octanol–water partition coefficient (Wildman–Crippen LogP) is 3.13. The summed E-state index contributed by atoms with van der Waals surface area (Å²) >= 11 is 0. The largest absolute Gasteiger partial charge is 0.317 e. The fraction of sp³-hybridized carbons (Fsp3) is 1.00. The minimum Gasteiger partial charge on any atom is -0.317 e. The maximum atomic E-state index is 3.35. The SMILES string of the molecule is CNC(C)CC(C)N1CCCC(C(C)C)CC1. The van der Waals surface area contributed by atoms with Crippen LogP contribution in [0.25, 0.3) is 0 Å². The lowest BCUT2D eigenvalue weighted by atomic mass is 9.89. The Morgan fingerprint density at radius 3 is 2.41 bits per heavy atom. The second-order valence-corrected chi connectivity index (χ2v) is 6.25. The smallest absolute Gasteiger partial charge is 0.00816 e. The van der Waals surface area contributed by atoms with Crippen molar-refractivity contribution in [1.29, 1.82) is 0 Å². The van der Waals surface area contributed by atoms with Crippen molar-refractivity contribution in [3.8, 4) is 0 Å². The van der Waals surface area contributed by atoms with Crippen molar-refractivity contribution in [3.63, 3.8) is 0 Å². The molecule has 1 aliphatic heterocycles. The van der Waals surface area contributed by atoms with Gasteiger partial charge in [-0.15, -0.1) is 0 Å². The first-order valence-corrected chi connectivity index (χ1v) is 7.46. The first-order chi connectivity index (χ1) is 8.04. The third kappa shape index (κ3) is 4.97. The van der Waals surface area contributed by atoms with E-state index in [0.717, 1.165) is 17.9 Å². The van der Waals surface area contributed by atoms with Crippen LogP contribution in [0.4, 0.5) is 0 Å². The molecule has 1 N–H and O–H groups in total. The monoisotopic (exact) mass is 240 g/mol. The highest BCUT2D eigenvalue weighted by atomic mass is 15.2. The van der Waals surface area contributed by atoms with Crippen molar-refractivity contribution in [2.75, 3.05) is 20.1 Å². The van der Waals surface area contributed by atoms with Crippen molar-refractivity contribution in [1.82, 2.24) is 10.2 Å². The summed E-state index contributed by atoms with van der Waals surface area (Å²) in [5.41, 5.74) is 0. The number of nitrogens with one attached hydrogen (secondary N) is 1. The molecule has 1 rings (SSSR count). The summed E-state index contributed by atoms with van der Waals surface area (Å²) in [4.78, 5) is 2.70. The molecule has 17 heavy (non-hydrogen) atoms. The van der Waals surface area contributed by atoms with E-state index in [2.05, 4.69) is 45.0 Å². The van der Waals surface area contributed by atoms with E-state index in [-0.39, 0.29) is 0 Å². The summed E-state index contributed by atoms with van der Waals surface area (Å²) in [5.74, 6) is 1.82. The molecule has 2 heteroatoms. The molecule has 3 unspecified atom stereocenters. The fourth-order valence-corrected chi connectivity index (χ4v) is 3.03. The van der Waals surface area contributed by atoms with Gasteiger partial charge in [0.15, 0.2) is 0 Å². The van der Waals surface area contributed by atoms with E-state index in [1.165, 1.54) is 38.8 Å². The molecule has 0 bridgehead atoms. The molecule has 0 spiro atoms. The zero-order valence-electron chi connectivity index (χ0n) is 12.5. The van der Waals surface area contributed by atoms with Gasteiger partial charge in [0.25, 0.3) is 0 Å². The molecule has 0 saturated carbocycles. The molecule has 1 aliphatic rings. The maximum absolute atomic E-state index is 3.35. The molecule has 0 amide bonds. The minimum absolute atomic E-state index is 0.633. The molecule has 1 saturated heterocycles. The second-order valence-electron chi connectivity index (χ2n) is 6.25. The van der Waals surface area contributed by atoms with Crippen LogP contribution >= 0.6 is 0 Å². The van der Waals surface area contributed by atoms with Crippen LogP contribution in [0.3, 0.4) is 0 Å². The summed E-state index contributed by atoms with van der Waals surface area (Å²) < 4.78 is 0. The average molecular weight is 240 g/mol. The van der Waals surface area contributed by atoms with Gasteiger partial charge in [0, 0.05) is 12.1 Å². The van der Waals surface area contributed by atoms with Crippen LogP contribution in [0.2, 0.25) is 0 Å². The summed E-state index contributed by atoms with van der Waals surface area (Å²) in [5, 5.41) is 3.35. The Morgan fingerprint density at radius 2 is 1.82 bits per heavy atom. The van der Waals surface area contributed by atoms with E-state index in [0.29, 0.717) is 6.04 Å². The maximum Gasteiger partial charge on any atom is 0.00816 e. The molecule has 1 heterocycles. The van der Waals surface area contributed by atoms with Crippen LogP contribution in [-0.2, 0) is 0 Å². The minimum atomic E-state index is 0.633. The van der Waals surface area contributed by atoms with Gasteiger partial charge in [0.2, 0.25) is 0 Å². The summed E-state index contributed by atoms with van der Waals surface area (Å²) in [6, 6.07) is 1.36. The molecule has 0 aromatic heterocycles. The Labute approximate surface area is 108 Å². The van der Waals surface area contributed by atoms with Crippen LogP contribution < -0.4 is 5.32 Å². The second kappa shape index (κ2) is 7.38. The topological polar surface area (TPSA) is 15.3 Å². The molecule has 0 radical (unpaired) electrons. The number of likely N-dealkylation sites (tertiary alicyclic amines) is 1. The van der Waals surface area contributed by atoms with E-state index in [1.807, 2.05) is 0 Å². The van der Waals surface area contributed by atoms with Gasteiger partial charge in [-0.2, -0.15) is 0 Å². The lowest BCUT2D eigenvalue weighted by molar-refractivity contribution is 0.192. The molecule has 3 atom stereocenters. The third-order valence-corrected chi connectivity index (χ3v) is 4.56. The van der Waals surface area contributed by atoms with Gasteiger partial charge in [0.1, 0.15) is 0 Å². The number of hydrogen-bond donors (Lipinski definition) is 1. The Balaban J connectivity index is 2.39. The van der Waals surface area contributed by atoms with Crippen molar-refractivity contribution < 1.29 is 0 Å². The first kappa shape index (κ1) is 15.0. The standard InChI is InChI=1S/C15H32N2/c1-12(2)15-7-6-9-17(10-8-15)14(4)11-13(3)16-5/h12-16H,6-11H2,1-5H3. The highest BCUT2D eigenvalue weighted by Gasteiger charge is 2.22. The average Bonchev–Trinajstić information content (AvgIpc) is 2.54. The van der Waals surface area contributed by atoms with Crippen LogP contribution in [0.15, 0.2) is 0 Å². The van der Waals surface area contributed by atoms with Gasteiger partial charge in [-0.25, -0.2) is 0 Å². The zero-order valence-corrected chi connectivity index (χ0v) is 12.5. The van der Waals surface area contributed by atoms with Crippen LogP contribution in [0.5, 0.6) is 0 Å². The Morgan fingerprint density at radius 1 is 1.12 bits per heavy atom. The molecule has 1 fully saturated rings. The zero-order chi connectivity index (χ0) is 12.8. The lowest BCUT2D eigenvalue weighted by Gasteiger charge is -2.29. The van der Waals surface area contributed by atoms with E-state index in [9.17, 15) is 0 Å². The number of rotatable bonds is 5. The molecule has 0 aliphatic carbocycles. The van der Waals surface area contributed by atoms with Crippen molar-refractivity contribution >= 4 is 0 Å². The predicted molar refractivity (Wildman–Crippen MR) is 76.4 cm³/mol. The van der Waals surface area contributed by atoms with Crippen molar-refractivity contribution in [2.45, 2.75) is 65.5 Å². The summed E-state index contributed by atoms with van der Waals surface area (Å²) in [7, 11) is 2.06. The van der Waals surface area contributed by atoms with Gasteiger partial charge >= 0.3 is 0 Å². The van der Waals surface area contributed by atoms with E-state index in [1.54, 1.807) is 0 Å². The highest BCUT2D eigenvalue weighted by Crippen LogP contribution is 2.25. The van der Waals surface area contributed by atoms with E-state index in [4.69, 9.17) is 0 Å². The first-order valence-electron chi connectivity index (χ1n) is 7.46. The molecule has 2 nitrogen and oxygen atoms in total. The molecule has 0 aromatic rings.